The maximum atomic E-state index is 12.1. The van der Waals surface area contributed by atoms with Crippen LogP contribution in [0.3, 0.4) is 0 Å². The first kappa shape index (κ1) is 23.4. The molecule has 0 spiro atoms. The van der Waals surface area contributed by atoms with Crippen LogP contribution in [-0.2, 0) is 6.42 Å². The fraction of sp³-hybridized carbons (Fsp3) is 0.800. The Morgan fingerprint density at radius 2 is 1.91 bits per heavy atom. The Hall–Kier alpha value is -1.38. The van der Waals surface area contributed by atoms with E-state index in [-0.39, 0.29) is 11.3 Å². The van der Waals surface area contributed by atoms with E-state index in [1.54, 1.807) is 17.2 Å². The fourth-order valence-electron chi connectivity index (χ4n) is 9.33. The number of allylic oxidation sites excluding steroid dienone is 1. The van der Waals surface area contributed by atoms with Gasteiger partial charge in [0, 0.05) is 6.92 Å². The van der Waals surface area contributed by atoms with Crippen LogP contribution in [0.5, 0.6) is 0 Å². The number of carbonyl (C=O) groups excluding carboxylic acids is 1. The molecule has 3 heteroatoms. The third-order valence-corrected chi connectivity index (χ3v) is 11.0. The highest BCUT2D eigenvalue weighted by atomic mass is 16.2. The van der Waals surface area contributed by atoms with E-state index in [2.05, 4.69) is 45.8 Å². The van der Waals surface area contributed by atoms with E-state index in [4.69, 9.17) is 0 Å². The van der Waals surface area contributed by atoms with Crippen LogP contribution in [0, 0.1) is 46.3 Å². The summed E-state index contributed by atoms with van der Waals surface area (Å²) in [5.41, 5.74) is 4.75. The van der Waals surface area contributed by atoms with Crippen molar-refractivity contribution in [1.82, 2.24) is 9.78 Å². The van der Waals surface area contributed by atoms with Gasteiger partial charge in [-0.25, -0.2) is 4.68 Å². The van der Waals surface area contributed by atoms with E-state index in [9.17, 15) is 4.79 Å². The topological polar surface area (TPSA) is 34.9 Å². The number of fused-ring (bicyclic) bond motifs is 6. The van der Waals surface area contributed by atoms with Gasteiger partial charge >= 0.3 is 0 Å². The Kier molecular flexibility index (Phi) is 5.93. The van der Waals surface area contributed by atoms with Crippen LogP contribution < -0.4 is 0 Å². The lowest BCUT2D eigenvalue weighted by Crippen LogP contribution is -2.51. The van der Waals surface area contributed by atoms with Crippen molar-refractivity contribution in [1.29, 1.82) is 0 Å². The summed E-state index contributed by atoms with van der Waals surface area (Å²) in [6.45, 7) is 14.2. The summed E-state index contributed by atoms with van der Waals surface area (Å²) in [6, 6.07) is 0. The zero-order chi connectivity index (χ0) is 23.5. The SMILES string of the molecule is CC(=O)n1ncc2c1C=C1CCC3C(CC[C@@]4(C)C3CC[C@@H]4[C@H](C)CCCC(C)C)[C@@]1(C)C2. The first-order valence-corrected chi connectivity index (χ1v) is 13.9. The van der Waals surface area contributed by atoms with Crippen molar-refractivity contribution < 1.29 is 4.79 Å². The summed E-state index contributed by atoms with van der Waals surface area (Å²) in [4.78, 5) is 12.1. The molecule has 0 bridgehead atoms. The van der Waals surface area contributed by atoms with Crippen molar-refractivity contribution in [2.24, 2.45) is 46.3 Å². The summed E-state index contributed by atoms with van der Waals surface area (Å²) < 4.78 is 1.62. The average Bonchev–Trinajstić information content (AvgIpc) is 3.31. The van der Waals surface area contributed by atoms with Crippen molar-refractivity contribution in [3.8, 4) is 0 Å². The van der Waals surface area contributed by atoms with Gasteiger partial charge in [0.15, 0.2) is 0 Å². The first-order valence-electron chi connectivity index (χ1n) is 13.9. The second-order valence-electron chi connectivity index (χ2n) is 13.2. The molecule has 0 N–H and O–H groups in total. The van der Waals surface area contributed by atoms with Gasteiger partial charge in [0.25, 0.3) is 0 Å². The van der Waals surface area contributed by atoms with Gasteiger partial charge in [-0.05, 0) is 103 Å². The van der Waals surface area contributed by atoms with E-state index >= 15 is 0 Å². The van der Waals surface area contributed by atoms with Gasteiger partial charge in [0.05, 0.1) is 11.9 Å². The molecule has 0 aliphatic heterocycles. The molecule has 1 aromatic heterocycles. The third kappa shape index (κ3) is 3.67. The van der Waals surface area contributed by atoms with Crippen LogP contribution >= 0.6 is 0 Å². The molecule has 182 valence electrons. The quantitative estimate of drug-likeness (QED) is 0.458. The van der Waals surface area contributed by atoms with Crippen molar-refractivity contribution in [3.05, 3.63) is 23.0 Å². The number of aromatic nitrogens is 2. The highest BCUT2D eigenvalue weighted by Gasteiger charge is 2.59. The van der Waals surface area contributed by atoms with Crippen molar-refractivity contribution in [3.63, 3.8) is 0 Å². The molecule has 3 nitrogen and oxygen atoms in total. The molecule has 33 heavy (non-hydrogen) atoms. The Balaban J connectivity index is 1.36. The molecule has 5 rings (SSSR count). The van der Waals surface area contributed by atoms with Crippen LogP contribution in [0.1, 0.15) is 115 Å². The van der Waals surface area contributed by atoms with Gasteiger partial charge in [0.1, 0.15) is 0 Å². The molecule has 0 aromatic carbocycles. The van der Waals surface area contributed by atoms with Crippen LogP contribution in [0.4, 0.5) is 0 Å². The van der Waals surface area contributed by atoms with Crippen LogP contribution in [0.25, 0.3) is 6.08 Å². The lowest BCUT2D eigenvalue weighted by Gasteiger charge is -2.58. The summed E-state index contributed by atoms with van der Waals surface area (Å²) >= 11 is 0. The monoisotopic (exact) mass is 450 g/mol. The predicted octanol–water partition coefficient (Wildman–Crippen LogP) is 7.80. The van der Waals surface area contributed by atoms with E-state index < -0.39 is 0 Å². The normalized spacial score (nSPS) is 38.2. The Morgan fingerprint density at radius 3 is 2.64 bits per heavy atom. The fourth-order valence-corrected chi connectivity index (χ4v) is 9.33. The van der Waals surface area contributed by atoms with Gasteiger partial charge in [-0.2, -0.15) is 5.10 Å². The molecular formula is C30H46N2O. The van der Waals surface area contributed by atoms with Crippen molar-refractivity contribution in [2.45, 2.75) is 106 Å². The number of nitrogens with zero attached hydrogens (tertiary/aromatic N) is 2. The molecule has 3 fully saturated rings. The Morgan fingerprint density at radius 1 is 1.12 bits per heavy atom. The second kappa shape index (κ2) is 8.38. The minimum atomic E-state index is 0.0262. The summed E-state index contributed by atoms with van der Waals surface area (Å²) in [6.07, 6.45) is 17.9. The number of hydrogen-bond acceptors (Lipinski definition) is 2. The standard InChI is InChI=1S/C30H46N2O/c1-19(2)8-7-9-20(3)25-12-13-26-24-11-10-23-16-28-22(18-31-32(28)21(4)33)17-30(23,6)27(24)14-15-29(25,26)5/h16,18-20,24-27H,7-15,17H2,1-6H3/t20-,24?,25-,26?,27?,29-,30+/m1/s1. The number of carbonyl (C=O) groups is 1. The van der Waals surface area contributed by atoms with E-state index in [0.29, 0.717) is 5.41 Å². The summed E-state index contributed by atoms with van der Waals surface area (Å²) in [7, 11) is 0. The Labute approximate surface area is 201 Å². The minimum Gasteiger partial charge on any atom is -0.273 e. The number of hydrogen-bond donors (Lipinski definition) is 0. The highest BCUT2D eigenvalue weighted by molar-refractivity contribution is 5.79. The molecule has 3 saturated carbocycles. The summed E-state index contributed by atoms with van der Waals surface area (Å²) in [5.74, 6) is 5.24. The minimum absolute atomic E-state index is 0.0262. The molecule has 1 aromatic rings. The molecular weight excluding hydrogens is 404 g/mol. The second-order valence-corrected chi connectivity index (χ2v) is 13.2. The van der Waals surface area contributed by atoms with E-state index in [0.717, 1.165) is 47.6 Å². The maximum Gasteiger partial charge on any atom is 0.244 e. The highest BCUT2D eigenvalue weighted by Crippen LogP contribution is 2.67. The van der Waals surface area contributed by atoms with Gasteiger partial charge in [-0.3, -0.25) is 4.79 Å². The third-order valence-electron chi connectivity index (χ3n) is 11.0. The van der Waals surface area contributed by atoms with Gasteiger partial charge < -0.3 is 0 Å². The van der Waals surface area contributed by atoms with Crippen LogP contribution in [0.2, 0.25) is 0 Å². The first-order chi connectivity index (χ1) is 15.6. The molecule has 4 aliphatic carbocycles. The predicted molar refractivity (Wildman–Crippen MR) is 136 cm³/mol. The van der Waals surface area contributed by atoms with E-state index in [1.807, 2.05) is 6.20 Å². The lowest BCUT2D eigenvalue weighted by molar-refractivity contribution is -0.0550. The average molecular weight is 451 g/mol. The molecule has 0 radical (unpaired) electrons. The lowest BCUT2D eigenvalue weighted by atomic mass is 9.46. The Bertz CT molecular complexity index is 941. The molecule has 0 amide bonds. The molecule has 1 heterocycles. The zero-order valence-corrected chi connectivity index (χ0v) is 22.0. The molecule has 4 aliphatic rings. The van der Waals surface area contributed by atoms with Gasteiger partial charge in [0.2, 0.25) is 5.91 Å². The van der Waals surface area contributed by atoms with E-state index in [1.165, 1.54) is 63.4 Å². The van der Waals surface area contributed by atoms with Crippen molar-refractivity contribution in [2.75, 3.05) is 0 Å². The molecule has 0 saturated heterocycles. The van der Waals surface area contributed by atoms with Gasteiger partial charge in [-0.15, -0.1) is 0 Å². The zero-order valence-electron chi connectivity index (χ0n) is 22.0. The van der Waals surface area contributed by atoms with Crippen LogP contribution in [-0.4, -0.2) is 15.7 Å². The van der Waals surface area contributed by atoms with Gasteiger partial charge in [-0.1, -0.05) is 59.5 Å². The summed E-state index contributed by atoms with van der Waals surface area (Å²) in [5, 5.41) is 4.44. The van der Waals surface area contributed by atoms with Crippen LogP contribution in [0.15, 0.2) is 11.8 Å². The molecule has 7 atom stereocenters. The number of rotatable bonds is 5. The maximum absolute atomic E-state index is 12.1. The largest absolute Gasteiger partial charge is 0.273 e. The molecule has 3 unspecified atom stereocenters. The van der Waals surface area contributed by atoms with Crippen molar-refractivity contribution >= 4 is 12.0 Å². The smallest absolute Gasteiger partial charge is 0.244 e.